The van der Waals surface area contributed by atoms with E-state index in [2.05, 4.69) is 31.0 Å². The van der Waals surface area contributed by atoms with E-state index in [-0.39, 0.29) is 0 Å². The lowest BCUT2D eigenvalue weighted by Crippen LogP contribution is -2.19. The summed E-state index contributed by atoms with van der Waals surface area (Å²) in [6.45, 7) is 2.09. The maximum atomic E-state index is 13.2. The van der Waals surface area contributed by atoms with Crippen LogP contribution < -0.4 is 20.9 Å². The van der Waals surface area contributed by atoms with Crippen molar-refractivity contribution in [1.82, 2.24) is 10.2 Å². The SMILES string of the molecule is O=C(Nc1ccc(Nc2cc(N3CCCC3)cnn2)cc1)Nc1cccc(F)c1. The zero-order valence-electron chi connectivity index (χ0n) is 15.7. The largest absolute Gasteiger partial charge is 0.370 e. The number of hydrogen-bond donors (Lipinski definition) is 3. The molecular formula is C21H21FN6O. The van der Waals surface area contributed by atoms with E-state index < -0.39 is 11.8 Å². The van der Waals surface area contributed by atoms with Crippen molar-refractivity contribution >= 4 is 34.6 Å². The second-order valence-electron chi connectivity index (χ2n) is 6.78. The Morgan fingerprint density at radius 3 is 2.41 bits per heavy atom. The molecule has 0 radical (unpaired) electrons. The molecule has 3 aromatic rings. The van der Waals surface area contributed by atoms with E-state index in [1.54, 1.807) is 24.4 Å². The number of amides is 2. The van der Waals surface area contributed by atoms with Crippen LogP contribution in [-0.4, -0.2) is 29.3 Å². The van der Waals surface area contributed by atoms with Gasteiger partial charge in [-0.25, -0.2) is 9.18 Å². The Morgan fingerprint density at radius 2 is 1.66 bits per heavy atom. The number of benzene rings is 2. The quantitative estimate of drug-likeness (QED) is 0.591. The second kappa shape index (κ2) is 8.55. The van der Waals surface area contributed by atoms with Crippen LogP contribution in [0.15, 0.2) is 60.8 Å². The first-order chi connectivity index (χ1) is 14.2. The van der Waals surface area contributed by atoms with Gasteiger partial charge in [0.05, 0.1) is 11.9 Å². The van der Waals surface area contributed by atoms with Crippen molar-refractivity contribution in [3.8, 4) is 0 Å². The van der Waals surface area contributed by atoms with Gasteiger partial charge in [0.2, 0.25) is 0 Å². The molecule has 29 heavy (non-hydrogen) atoms. The maximum Gasteiger partial charge on any atom is 0.323 e. The summed E-state index contributed by atoms with van der Waals surface area (Å²) in [5, 5.41) is 16.7. The Balaban J connectivity index is 1.35. The van der Waals surface area contributed by atoms with Gasteiger partial charge in [-0.1, -0.05) is 6.07 Å². The van der Waals surface area contributed by atoms with Crippen molar-refractivity contribution in [2.24, 2.45) is 0 Å². The highest BCUT2D eigenvalue weighted by Gasteiger charge is 2.13. The lowest BCUT2D eigenvalue weighted by atomic mass is 10.2. The topological polar surface area (TPSA) is 82.2 Å². The molecule has 1 aliphatic rings. The average molecular weight is 392 g/mol. The Morgan fingerprint density at radius 1 is 0.931 bits per heavy atom. The van der Waals surface area contributed by atoms with Crippen LogP contribution in [-0.2, 0) is 0 Å². The zero-order chi connectivity index (χ0) is 20.1. The zero-order valence-corrected chi connectivity index (χ0v) is 15.7. The molecule has 4 rings (SSSR count). The van der Waals surface area contributed by atoms with E-state index in [0.717, 1.165) is 24.5 Å². The highest BCUT2D eigenvalue weighted by Crippen LogP contribution is 2.23. The third-order valence-electron chi connectivity index (χ3n) is 4.61. The minimum Gasteiger partial charge on any atom is -0.370 e. The van der Waals surface area contributed by atoms with E-state index in [1.807, 2.05) is 18.2 Å². The Hall–Kier alpha value is -3.68. The van der Waals surface area contributed by atoms with Gasteiger partial charge in [-0.2, -0.15) is 5.10 Å². The molecule has 1 aliphatic heterocycles. The van der Waals surface area contributed by atoms with Gasteiger partial charge in [0.15, 0.2) is 5.82 Å². The Kier molecular flexibility index (Phi) is 5.51. The molecule has 0 atom stereocenters. The molecule has 3 N–H and O–H groups in total. The number of hydrogen-bond acceptors (Lipinski definition) is 5. The summed E-state index contributed by atoms with van der Waals surface area (Å²) < 4.78 is 13.2. The summed E-state index contributed by atoms with van der Waals surface area (Å²) in [7, 11) is 0. The van der Waals surface area contributed by atoms with Crippen molar-refractivity contribution in [1.29, 1.82) is 0 Å². The number of anilines is 5. The van der Waals surface area contributed by atoms with E-state index in [0.29, 0.717) is 17.2 Å². The molecule has 0 aliphatic carbocycles. The fourth-order valence-electron chi connectivity index (χ4n) is 3.21. The second-order valence-corrected chi connectivity index (χ2v) is 6.78. The summed E-state index contributed by atoms with van der Waals surface area (Å²) in [6.07, 6.45) is 4.18. The molecule has 0 spiro atoms. The van der Waals surface area contributed by atoms with Crippen LogP contribution in [0.4, 0.5) is 37.8 Å². The Bertz CT molecular complexity index is 988. The van der Waals surface area contributed by atoms with Crippen LogP contribution in [0.25, 0.3) is 0 Å². The maximum absolute atomic E-state index is 13.2. The van der Waals surface area contributed by atoms with Crippen molar-refractivity contribution < 1.29 is 9.18 Å². The summed E-state index contributed by atoms with van der Waals surface area (Å²) in [5.74, 6) is 0.258. The number of nitrogens with zero attached hydrogens (tertiary/aromatic N) is 3. The van der Waals surface area contributed by atoms with E-state index in [1.165, 1.54) is 31.0 Å². The molecule has 0 bridgehead atoms. The summed E-state index contributed by atoms with van der Waals surface area (Å²) >= 11 is 0. The average Bonchev–Trinajstić information content (AvgIpc) is 3.25. The number of urea groups is 1. The van der Waals surface area contributed by atoms with Crippen LogP contribution in [0.3, 0.4) is 0 Å². The minimum absolute atomic E-state index is 0.386. The molecule has 148 valence electrons. The lowest BCUT2D eigenvalue weighted by Gasteiger charge is -2.17. The van der Waals surface area contributed by atoms with Crippen LogP contribution in [0.1, 0.15) is 12.8 Å². The first kappa shape index (κ1) is 18.7. The molecule has 1 saturated heterocycles. The van der Waals surface area contributed by atoms with Gasteiger partial charge in [-0.3, -0.25) is 0 Å². The predicted octanol–water partition coefficient (Wildman–Crippen LogP) is 4.60. The fraction of sp³-hybridized carbons (Fsp3) is 0.190. The van der Waals surface area contributed by atoms with Crippen molar-refractivity contribution in [2.75, 3.05) is 33.9 Å². The molecular weight excluding hydrogens is 371 g/mol. The number of rotatable bonds is 5. The lowest BCUT2D eigenvalue weighted by molar-refractivity contribution is 0.262. The number of halogens is 1. The first-order valence-corrected chi connectivity index (χ1v) is 9.44. The number of aromatic nitrogens is 2. The molecule has 8 heteroatoms. The van der Waals surface area contributed by atoms with Crippen molar-refractivity contribution in [3.63, 3.8) is 0 Å². The van der Waals surface area contributed by atoms with Gasteiger partial charge in [0.1, 0.15) is 5.82 Å². The van der Waals surface area contributed by atoms with Gasteiger partial charge in [-0.15, -0.1) is 5.10 Å². The summed E-state index contributed by atoms with van der Waals surface area (Å²) in [5.41, 5.74) is 2.89. The highest BCUT2D eigenvalue weighted by molar-refractivity contribution is 5.99. The third kappa shape index (κ3) is 4.98. The van der Waals surface area contributed by atoms with Gasteiger partial charge >= 0.3 is 6.03 Å². The molecule has 2 aromatic carbocycles. The Labute approximate surface area is 168 Å². The monoisotopic (exact) mass is 392 g/mol. The minimum atomic E-state index is -0.444. The van der Waals surface area contributed by atoms with E-state index in [9.17, 15) is 9.18 Å². The highest BCUT2D eigenvalue weighted by atomic mass is 19.1. The number of carbonyl (C=O) groups excluding carboxylic acids is 1. The van der Waals surface area contributed by atoms with Gasteiger partial charge in [0, 0.05) is 36.2 Å². The van der Waals surface area contributed by atoms with Crippen LogP contribution in [0.2, 0.25) is 0 Å². The van der Waals surface area contributed by atoms with E-state index in [4.69, 9.17) is 0 Å². The first-order valence-electron chi connectivity index (χ1n) is 9.44. The predicted molar refractivity (Wildman–Crippen MR) is 112 cm³/mol. The molecule has 1 fully saturated rings. The van der Waals surface area contributed by atoms with Gasteiger partial charge < -0.3 is 20.9 Å². The van der Waals surface area contributed by atoms with Crippen molar-refractivity contribution in [3.05, 3.63) is 66.6 Å². The summed E-state index contributed by atoms with van der Waals surface area (Å²) in [4.78, 5) is 14.3. The van der Waals surface area contributed by atoms with E-state index >= 15 is 0 Å². The molecule has 2 amide bonds. The standard InChI is InChI=1S/C21H21FN6O/c22-15-4-3-5-18(12-15)26-21(29)25-17-8-6-16(7-9-17)24-20-13-19(14-23-27-20)28-10-1-2-11-28/h3-9,12-14H,1-2,10-11H2,(H,24,27)(H2,25,26,29). The van der Waals surface area contributed by atoms with Crippen LogP contribution >= 0.6 is 0 Å². The van der Waals surface area contributed by atoms with Crippen molar-refractivity contribution in [2.45, 2.75) is 12.8 Å². The molecule has 7 nitrogen and oxygen atoms in total. The molecule has 1 aromatic heterocycles. The summed E-state index contributed by atoms with van der Waals surface area (Å²) in [6, 6.07) is 14.5. The van der Waals surface area contributed by atoms with Gasteiger partial charge in [-0.05, 0) is 55.3 Å². The molecule has 0 unspecified atom stereocenters. The smallest absolute Gasteiger partial charge is 0.323 e. The molecule has 0 saturated carbocycles. The number of carbonyl (C=O) groups is 1. The third-order valence-corrected chi connectivity index (χ3v) is 4.61. The van der Waals surface area contributed by atoms with Crippen LogP contribution in [0, 0.1) is 5.82 Å². The molecule has 2 heterocycles. The number of nitrogens with one attached hydrogen (secondary N) is 3. The van der Waals surface area contributed by atoms with Crippen LogP contribution in [0.5, 0.6) is 0 Å². The van der Waals surface area contributed by atoms with Gasteiger partial charge in [0.25, 0.3) is 0 Å². The fourth-order valence-corrected chi connectivity index (χ4v) is 3.21. The normalized spacial score (nSPS) is 13.2.